The molecule has 214 valence electrons. The Kier molecular flexibility index (Phi) is 9.82. The number of hydrogen-bond donors (Lipinski definition) is 2. The van der Waals surface area contributed by atoms with Gasteiger partial charge < -0.3 is 15.1 Å². The van der Waals surface area contributed by atoms with E-state index in [4.69, 9.17) is 0 Å². The minimum atomic E-state index is -4.23. The molecule has 0 bridgehead atoms. The van der Waals surface area contributed by atoms with Crippen molar-refractivity contribution < 1.29 is 31.8 Å². The highest BCUT2D eigenvalue weighted by molar-refractivity contribution is 7.95. The minimum absolute atomic E-state index is 0.0945. The van der Waals surface area contributed by atoms with E-state index >= 15 is 0 Å². The molecule has 39 heavy (non-hydrogen) atoms. The molecule has 2 aromatic rings. The van der Waals surface area contributed by atoms with Gasteiger partial charge in [-0.1, -0.05) is 61.4 Å². The lowest BCUT2D eigenvalue weighted by atomic mass is 10.1. The Hall–Kier alpha value is -2.31. The lowest BCUT2D eigenvalue weighted by Crippen LogP contribution is -2.50. The molecule has 2 N–H and O–H groups in total. The van der Waals surface area contributed by atoms with Gasteiger partial charge in [0, 0.05) is 31.7 Å². The van der Waals surface area contributed by atoms with E-state index < -0.39 is 48.8 Å². The summed E-state index contributed by atoms with van der Waals surface area (Å²) in [5, 5.41) is 20.0. The summed E-state index contributed by atoms with van der Waals surface area (Å²) in [6.45, 7) is 0.0951. The highest BCUT2D eigenvalue weighted by atomic mass is 32.2. The van der Waals surface area contributed by atoms with Gasteiger partial charge in [0.1, 0.15) is 5.25 Å². The number of amides is 1. The van der Waals surface area contributed by atoms with Crippen molar-refractivity contribution in [3.63, 3.8) is 0 Å². The zero-order chi connectivity index (χ0) is 28.0. The average Bonchev–Trinajstić information content (AvgIpc) is 3.53. The zero-order valence-corrected chi connectivity index (χ0v) is 23.6. The number of carbonyl (C=O) groups is 1. The Morgan fingerprint density at radius 2 is 1.56 bits per heavy atom. The van der Waals surface area contributed by atoms with Crippen LogP contribution in [0.25, 0.3) is 0 Å². The molecule has 1 amide bonds. The van der Waals surface area contributed by atoms with Gasteiger partial charge in [0.05, 0.1) is 23.7 Å². The fourth-order valence-electron chi connectivity index (χ4n) is 5.53. The van der Waals surface area contributed by atoms with Gasteiger partial charge >= 0.3 is 0 Å². The monoisotopic (exact) mass is 578 g/mol. The van der Waals surface area contributed by atoms with Crippen LogP contribution in [0, 0.1) is 5.92 Å². The van der Waals surface area contributed by atoms with Crippen LogP contribution in [0.5, 0.6) is 0 Å². The van der Waals surface area contributed by atoms with Crippen molar-refractivity contribution in [3.8, 4) is 0 Å². The van der Waals surface area contributed by atoms with E-state index in [0.29, 0.717) is 18.5 Å². The molecule has 1 aliphatic carbocycles. The molecular weight excluding hydrogens is 540 g/mol. The second-order valence-electron chi connectivity index (χ2n) is 10.7. The molecule has 0 radical (unpaired) electrons. The maximum atomic E-state index is 13.6. The van der Waals surface area contributed by atoms with E-state index in [2.05, 4.69) is 0 Å². The van der Waals surface area contributed by atoms with Crippen molar-refractivity contribution in [2.45, 2.75) is 49.6 Å². The third kappa shape index (κ3) is 7.88. The fraction of sp³-hybridized carbons (Fsp3) is 0.536. The summed E-state index contributed by atoms with van der Waals surface area (Å²) in [5.41, 5.74) is 1.49. The third-order valence-electron chi connectivity index (χ3n) is 7.62. The van der Waals surface area contributed by atoms with Crippen LogP contribution in [-0.4, -0.2) is 97.3 Å². The minimum Gasteiger partial charge on any atom is -0.391 e. The van der Waals surface area contributed by atoms with E-state index in [1.807, 2.05) is 36.4 Å². The highest BCUT2D eigenvalue weighted by Crippen LogP contribution is 2.29. The first-order chi connectivity index (χ1) is 18.5. The molecule has 2 fully saturated rings. The number of rotatable bonds is 12. The molecule has 2 aromatic carbocycles. The Morgan fingerprint density at radius 1 is 0.949 bits per heavy atom. The molecule has 11 heteroatoms. The molecule has 0 spiro atoms. The van der Waals surface area contributed by atoms with Crippen LogP contribution >= 0.6 is 0 Å². The molecule has 1 saturated heterocycles. The third-order valence-corrected chi connectivity index (χ3v) is 11.8. The number of aliphatic hydroxyl groups is 2. The van der Waals surface area contributed by atoms with Crippen LogP contribution < -0.4 is 0 Å². The largest absolute Gasteiger partial charge is 0.391 e. The quantitative estimate of drug-likeness (QED) is 0.392. The molecule has 4 rings (SSSR count). The highest BCUT2D eigenvalue weighted by Gasteiger charge is 2.47. The van der Waals surface area contributed by atoms with Crippen molar-refractivity contribution in [1.29, 1.82) is 0 Å². The SMILES string of the molecule is O=C(c1ccccc1)N(CCc1ccccc1)C[C@H](O)CN(CC1CCCC1)S(=O)(=O)C1CS(=O)(=O)CC1O. The Balaban J connectivity index is 1.52. The smallest absolute Gasteiger partial charge is 0.253 e. The zero-order valence-electron chi connectivity index (χ0n) is 22.0. The Labute approximate surface area is 231 Å². The first-order valence-electron chi connectivity index (χ1n) is 13.5. The van der Waals surface area contributed by atoms with Gasteiger partial charge in [0.25, 0.3) is 5.91 Å². The summed E-state index contributed by atoms with van der Waals surface area (Å²) < 4.78 is 52.6. The lowest BCUT2D eigenvalue weighted by Gasteiger charge is -2.32. The van der Waals surface area contributed by atoms with E-state index in [0.717, 1.165) is 35.6 Å². The molecule has 2 unspecified atom stereocenters. The first-order valence-corrected chi connectivity index (χ1v) is 16.8. The van der Waals surface area contributed by atoms with Gasteiger partial charge in [-0.25, -0.2) is 16.8 Å². The molecule has 3 atom stereocenters. The lowest BCUT2D eigenvalue weighted by molar-refractivity contribution is 0.0583. The van der Waals surface area contributed by atoms with Gasteiger partial charge in [0.15, 0.2) is 9.84 Å². The van der Waals surface area contributed by atoms with Gasteiger partial charge in [-0.3, -0.25) is 4.79 Å². The molecule has 2 aliphatic rings. The number of hydrogen-bond acceptors (Lipinski definition) is 7. The summed E-state index contributed by atoms with van der Waals surface area (Å²) in [7, 11) is -7.91. The van der Waals surface area contributed by atoms with Crippen molar-refractivity contribution in [3.05, 3.63) is 71.8 Å². The number of sulfonamides is 1. The standard InChI is InChI=1S/C28H38N2O7S2/c31-25(18-29(16-15-22-9-3-1-4-10-22)28(33)24-13-5-2-6-14-24)19-30(17-23-11-7-8-12-23)39(36,37)27-21-38(34,35)20-26(27)32/h1-6,9-10,13-14,23,25-27,31-32H,7-8,11-12,15-21H2/t25-,26?,27?/m0/s1. The van der Waals surface area contributed by atoms with Gasteiger partial charge in [-0.2, -0.15) is 4.31 Å². The first kappa shape index (κ1) is 29.7. The van der Waals surface area contributed by atoms with Crippen LogP contribution in [0.1, 0.15) is 41.6 Å². The summed E-state index contributed by atoms with van der Waals surface area (Å²) in [4.78, 5) is 14.9. The summed E-state index contributed by atoms with van der Waals surface area (Å²) in [6.07, 6.45) is 1.51. The molecule has 1 saturated carbocycles. The van der Waals surface area contributed by atoms with Crippen LogP contribution in [0.15, 0.2) is 60.7 Å². The summed E-state index contributed by atoms with van der Waals surface area (Å²) in [6, 6.07) is 18.4. The van der Waals surface area contributed by atoms with Gasteiger partial charge in [-0.05, 0) is 42.9 Å². The van der Waals surface area contributed by atoms with E-state index in [-0.39, 0.29) is 31.5 Å². The van der Waals surface area contributed by atoms with E-state index in [1.165, 1.54) is 4.90 Å². The predicted octanol–water partition coefficient (Wildman–Crippen LogP) is 1.71. The number of carbonyl (C=O) groups excluding carboxylic acids is 1. The molecular formula is C28H38N2O7S2. The van der Waals surface area contributed by atoms with Crippen molar-refractivity contribution in [2.75, 3.05) is 37.7 Å². The van der Waals surface area contributed by atoms with Gasteiger partial charge in [-0.15, -0.1) is 0 Å². The molecule has 0 aromatic heterocycles. The van der Waals surface area contributed by atoms with Crippen molar-refractivity contribution >= 4 is 25.8 Å². The average molecular weight is 579 g/mol. The number of sulfone groups is 1. The molecule has 1 aliphatic heterocycles. The van der Waals surface area contributed by atoms with Gasteiger partial charge in [0.2, 0.25) is 10.0 Å². The van der Waals surface area contributed by atoms with Crippen LogP contribution in [0.3, 0.4) is 0 Å². The van der Waals surface area contributed by atoms with E-state index in [9.17, 15) is 31.8 Å². The second-order valence-corrected chi connectivity index (χ2v) is 15.0. The van der Waals surface area contributed by atoms with Crippen LogP contribution in [0.2, 0.25) is 0 Å². The van der Waals surface area contributed by atoms with Crippen LogP contribution in [-0.2, 0) is 26.3 Å². The van der Waals surface area contributed by atoms with Crippen molar-refractivity contribution in [1.82, 2.24) is 9.21 Å². The number of nitrogens with zero attached hydrogens (tertiary/aromatic N) is 2. The maximum Gasteiger partial charge on any atom is 0.253 e. The molecule has 9 nitrogen and oxygen atoms in total. The summed E-state index contributed by atoms with van der Waals surface area (Å²) in [5.74, 6) is -1.39. The normalized spacial score (nSPS) is 22.2. The number of benzene rings is 2. The Bertz CT molecular complexity index is 1300. The number of aliphatic hydroxyl groups excluding tert-OH is 2. The summed E-state index contributed by atoms with van der Waals surface area (Å²) >= 11 is 0. The fourth-order valence-corrected chi connectivity index (χ4v) is 10.2. The molecule has 1 heterocycles. The topological polar surface area (TPSA) is 132 Å². The van der Waals surface area contributed by atoms with Crippen molar-refractivity contribution in [2.24, 2.45) is 5.92 Å². The van der Waals surface area contributed by atoms with E-state index in [1.54, 1.807) is 24.3 Å². The van der Waals surface area contributed by atoms with Crippen LogP contribution in [0.4, 0.5) is 0 Å². The maximum absolute atomic E-state index is 13.6. The Morgan fingerprint density at radius 3 is 2.15 bits per heavy atom. The second kappa shape index (κ2) is 12.9. The predicted molar refractivity (Wildman–Crippen MR) is 149 cm³/mol.